The summed E-state index contributed by atoms with van der Waals surface area (Å²) in [4.78, 5) is 0.246. The maximum absolute atomic E-state index is 11.5. The Balaban J connectivity index is 2.04. The van der Waals surface area contributed by atoms with Crippen LogP contribution < -0.4 is 14.8 Å². The van der Waals surface area contributed by atoms with E-state index in [9.17, 15) is 8.42 Å². The van der Waals surface area contributed by atoms with E-state index >= 15 is 0 Å². The SMILES string of the molecule is CC(C)CNC[C@@H]1COc2ccc(S(C)(=O)=O)cc2O1. The standard InChI is InChI=1S/C14H21NO4S/c1-10(2)7-15-8-11-9-18-13-5-4-12(20(3,16)17)6-14(13)19-11/h4-6,10-11,15H,7-9H2,1-3H3/t11-/m1/s1. The average Bonchev–Trinajstić information content (AvgIpc) is 2.36. The number of nitrogens with one attached hydrogen (secondary N) is 1. The molecule has 112 valence electrons. The largest absolute Gasteiger partial charge is 0.486 e. The monoisotopic (exact) mass is 299 g/mol. The fourth-order valence-electron chi connectivity index (χ4n) is 1.96. The van der Waals surface area contributed by atoms with Crippen molar-refractivity contribution in [3.8, 4) is 11.5 Å². The zero-order valence-electron chi connectivity index (χ0n) is 12.0. The number of ether oxygens (including phenoxy) is 2. The Hall–Kier alpha value is -1.27. The van der Waals surface area contributed by atoms with E-state index in [1.54, 1.807) is 6.07 Å². The van der Waals surface area contributed by atoms with Crippen LogP contribution in [0.1, 0.15) is 13.8 Å². The van der Waals surface area contributed by atoms with Crippen molar-refractivity contribution in [2.24, 2.45) is 5.92 Å². The van der Waals surface area contributed by atoms with Gasteiger partial charge in [0.1, 0.15) is 12.7 Å². The molecule has 1 N–H and O–H groups in total. The molecular weight excluding hydrogens is 278 g/mol. The molecule has 1 aromatic carbocycles. The third-order valence-corrected chi connectivity index (χ3v) is 4.10. The van der Waals surface area contributed by atoms with Gasteiger partial charge in [0.15, 0.2) is 21.3 Å². The van der Waals surface area contributed by atoms with Gasteiger partial charge in [0, 0.05) is 18.9 Å². The fraction of sp³-hybridized carbons (Fsp3) is 0.571. The highest BCUT2D eigenvalue weighted by molar-refractivity contribution is 7.90. The first kappa shape index (κ1) is 15.1. The van der Waals surface area contributed by atoms with E-state index in [1.807, 2.05) is 0 Å². The summed E-state index contributed by atoms with van der Waals surface area (Å²) in [6.07, 6.45) is 1.08. The van der Waals surface area contributed by atoms with Gasteiger partial charge in [-0.3, -0.25) is 0 Å². The van der Waals surface area contributed by atoms with E-state index in [2.05, 4.69) is 19.2 Å². The van der Waals surface area contributed by atoms with Crippen molar-refractivity contribution in [2.45, 2.75) is 24.8 Å². The molecule has 6 heteroatoms. The zero-order chi connectivity index (χ0) is 14.8. The number of hydrogen-bond donors (Lipinski definition) is 1. The molecule has 2 rings (SSSR count). The van der Waals surface area contributed by atoms with Crippen molar-refractivity contribution in [2.75, 3.05) is 26.0 Å². The van der Waals surface area contributed by atoms with Crippen LogP contribution in [-0.4, -0.2) is 40.5 Å². The topological polar surface area (TPSA) is 64.6 Å². The van der Waals surface area contributed by atoms with Crippen molar-refractivity contribution >= 4 is 9.84 Å². The van der Waals surface area contributed by atoms with Crippen molar-refractivity contribution in [1.82, 2.24) is 5.32 Å². The minimum absolute atomic E-state index is 0.101. The Kier molecular flexibility index (Phi) is 4.55. The third kappa shape index (κ3) is 3.86. The molecule has 20 heavy (non-hydrogen) atoms. The maximum atomic E-state index is 11.5. The molecule has 1 aromatic rings. The predicted molar refractivity (Wildman–Crippen MR) is 77.2 cm³/mol. The lowest BCUT2D eigenvalue weighted by molar-refractivity contribution is 0.0896. The normalized spacial score (nSPS) is 18.3. The van der Waals surface area contributed by atoms with Crippen LogP contribution >= 0.6 is 0 Å². The van der Waals surface area contributed by atoms with Gasteiger partial charge in [0.2, 0.25) is 0 Å². The summed E-state index contributed by atoms with van der Waals surface area (Å²) in [5, 5.41) is 3.31. The molecule has 0 aliphatic carbocycles. The van der Waals surface area contributed by atoms with Crippen molar-refractivity contribution in [3.63, 3.8) is 0 Å². The highest BCUT2D eigenvalue weighted by Crippen LogP contribution is 2.33. The summed E-state index contributed by atoms with van der Waals surface area (Å²) in [5.74, 6) is 1.66. The average molecular weight is 299 g/mol. The van der Waals surface area contributed by atoms with Gasteiger partial charge in [-0.05, 0) is 24.6 Å². The second-order valence-corrected chi connectivity index (χ2v) is 7.50. The second kappa shape index (κ2) is 6.01. The van der Waals surface area contributed by atoms with Gasteiger partial charge in [0.25, 0.3) is 0 Å². The van der Waals surface area contributed by atoms with E-state index in [4.69, 9.17) is 9.47 Å². The van der Waals surface area contributed by atoms with Crippen LogP contribution in [0.3, 0.4) is 0 Å². The van der Waals surface area contributed by atoms with Gasteiger partial charge in [-0.1, -0.05) is 13.8 Å². The molecule has 0 fully saturated rings. The molecule has 1 aliphatic rings. The van der Waals surface area contributed by atoms with Crippen LogP contribution in [0.4, 0.5) is 0 Å². The van der Waals surface area contributed by atoms with Gasteiger partial charge < -0.3 is 14.8 Å². The van der Waals surface area contributed by atoms with Crippen molar-refractivity contribution in [3.05, 3.63) is 18.2 Å². The van der Waals surface area contributed by atoms with E-state index in [1.165, 1.54) is 18.4 Å². The van der Waals surface area contributed by atoms with Crippen molar-refractivity contribution in [1.29, 1.82) is 0 Å². The lowest BCUT2D eigenvalue weighted by Gasteiger charge is -2.27. The van der Waals surface area contributed by atoms with Gasteiger partial charge in [-0.25, -0.2) is 8.42 Å². The zero-order valence-corrected chi connectivity index (χ0v) is 12.9. The van der Waals surface area contributed by atoms with Crippen LogP contribution in [0.15, 0.2) is 23.1 Å². The fourth-order valence-corrected chi connectivity index (χ4v) is 2.60. The smallest absolute Gasteiger partial charge is 0.175 e. The van der Waals surface area contributed by atoms with Gasteiger partial charge in [-0.15, -0.1) is 0 Å². The third-order valence-electron chi connectivity index (χ3n) is 2.99. The summed E-state index contributed by atoms with van der Waals surface area (Å²) in [7, 11) is -3.23. The molecule has 1 heterocycles. The Morgan fingerprint density at radius 2 is 2.10 bits per heavy atom. The summed E-state index contributed by atoms with van der Waals surface area (Å²) in [6.45, 7) is 6.34. The number of benzene rings is 1. The lowest BCUT2D eigenvalue weighted by atomic mass is 10.2. The van der Waals surface area contributed by atoms with E-state index < -0.39 is 9.84 Å². The molecule has 0 saturated carbocycles. The Morgan fingerprint density at radius 3 is 2.75 bits per heavy atom. The molecule has 5 nitrogen and oxygen atoms in total. The molecule has 0 bridgehead atoms. The van der Waals surface area contributed by atoms with Crippen LogP contribution in [0.2, 0.25) is 0 Å². The number of hydrogen-bond acceptors (Lipinski definition) is 5. The lowest BCUT2D eigenvalue weighted by Crippen LogP contribution is -2.39. The summed E-state index contributed by atoms with van der Waals surface area (Å²) >= 11 is 0. The predicted octanol–water partition coefficient (Wildman–Crippen LogP) is 1.48. The van der Waals surface area contributed by atoms with E-state index in [0.29, 0.717) is 30.6 Å². The number of sulfone groups is 1. The minimum Gasteiger partial charge on any atom is -0.486 e. The molecule has 0 radical (unpaired) electrons. The van der Waals surface area contributed by atoms with E-state index in [0.717, 1.165) is 6.54 Å². The number of rotatable bonds is 5. The summed E-state index contributed by atoms with van der Waals surface area (Å²) in [6, 6.07) is 4.71. The molecule has 0 aromatic heterocycles. The molecule has 1 aliphatic heterocycles. The molecule has 0 spiro atoms. The van der Waals surface area contributed by atoms with Crippen LogP contribution in [0, 0.1) is 5.92 Å². The summed E-state index contributed by atoms with van der Waals surface area (Å²) in [5.41, 5.74) is 0. The summed E-state index contributed by atoms with van der Waals surface area (Å²) < 4.78 is 34.5. The Labute approximate surface area is 120 Å². The molecule has 0 unspecified atom stereocenters. The van der Waals surface area contributed by atoms with Gasteiger partial charge in [-0.2, -0.15) is 0 Å². The highest BCUT2D eigenvalue weighted by atomic mass is 32.2. The van der Waals surface area contributed by atoms with Gasteiger partial charge in [0.05, 0.1) is 4.90 Å². The van der Waals surface area contributed by atoms with Gasteiger partial charge >= 0.3 is 0 Å². The quantitative estimate of drug-likeness (QED) is 0.892. The second-order valence-electron chi connectivity index (χ2n) is 5.48. The molecule has 0 amide bonds. The highest BCUT2D eigenvalue weighted by Gasteiger charge is 2.22. The maximum Gasteiger partial charge on any atom is 0.175 e. The van der Waals surface area contributed by atoms with Crippen molar-refractivity contribution < 1.29 is 17.9 Å². The number of fused-ring (bicyclic) bond motifs is 1. The van der Waals surface area contributed by atoms with Crippen LogP contribution in [-0.2, 0) is 9.84 Å². The van der Waals surface area contributed by atoms with E-state index in [-0.39, 0.29) is 11.0 Å². The minimum atomic E-state index is -3.23. The molecule has 1 atom stereocenters. The Morgan fingerprint density at radius 1 is 1.35 bits per heavy atom. The van der Waals surface area contributed by atoms with Crippen LogP contribution in [0.5, 0.6) is 11.5 Å². The first-order valence-electron chi connectivity index (χ1n) is 6.70. The molecule has 0 saturated heterocycles. The molecular formula is C14H21NO4S. The first-order chi connectivity index (χ1) is 9.36. The van der Waals surface area contributed by atoms with Crippen LogP contribution in [0.25, 0.3) is 0 Å². The first-order valence-corrected chi connectivity index (χ1v) is 8.59. The Bertz CT molecular complexity index is 569.